The highest BCUT2D eigenvalue weighted by atomic mass is 32.2. The molecule has 0 aromatic carbocycles. The SMILES string of the molecule is C[C@]12CC[C@H]3[C@@H](CCC4CC(O)CC[C@@]43C)[C@@H]1CC[C@@H]2C(=O)CSc1ccccn1. The molecule has 2 unspecified atom stereocenters. The normalized spacial score (nSPS) is 45.3. The minimum Gasteiger partial charge on any atom is -0.393 e. The Hall–Kier alpha value is -0.870. The summed E-state index contributed by atoms with van der Waals surface area (Å²) in [6.07, 6.45) is 12.4. The molecule has 0 spiro atoms. The zero-order valence-electron chi connectivity index (χ0n) is 18.6. The van der Waals surface area contributed by atoms with E-state index in [1.807, 2.05) is 24.4 Å². The Bertz CT molecular complexity index is 784. The molecule has 30 heavy (non-hydrogen) atoms. The van der Waals surface area contributed by atoms with Gasteiger partial charge in [-0.15, -0.1) is 0 Å². The van der Waals surface area contributed by atoms with Crippen molar-refractivity contribution in [3.63, 3.8) is 0 Å². The van der Waals surface area contributed by atoms with E-state index >= 15 is 0 Å². The molecule has 0 radical (unpaired) electrons. The van der Waals surface area contributed by atoms with Gasteiger partial charge in [0.2, 0.25) is 0 Å². The van der Waals surface area contributed by atoms with Gasteiger partial charge in [-0.1, -0.05) is 31.7 Å². The predicted molar refractivity (Wildman–Crippen MR) is 121 cm³/mol. The first-order valence-electron chi connectivity index (χ1n) is 12.2. The lowest BCUT2D eigenvalue weighted by atomic mass is 9.44. The van der Waals surface area contributed by atoms with Crippen LogP contribution in [0.5, 0.6) is 0 Å². The van der Waals surface area contributed by atoms with Crippen LogP contribution in [0.1, 0.15) is 71.6 Å². The number of Topliss-reactive ketones (excluding diaryl/α,β-unsaturated/α-hetero) is 1. The Balaban J connectivity index is 1.30. The Morgan fingerprint density at radius 2 is 1.87 bits per heavy atom. The van der Waals surface area contributed by atoms with Gasteiger partial charge in [0.05, 0.1) is 16.9 Å². The number of carbonyl (C=O) groups is 1. The van der Waals surface area contributed by atoms with Crippen molar-refractivity contribution in [1.29, 1.82) is 0 Å². The van der Waals surface area contributed by atoms with Gasteiger partial charge in [0, 0.05) is 12.1 Å². The molecule has 4 aliphatic rings. The second-order valence-corrected chi connectivity index (χ2v) is 12.2. The van der Waals surface area contributed by atoms with Crippen LogP contribution in [0.15, 0.2) is 29.4 Å². The third-order valence-corrected chi connectivity index (χ3v) is 11.0. The smallest absolute Gasteiger partial charge is 0.146 e. The van der Waals surface area contributed by atoms with Crippen molar-refractivity contribution >= 4 is 17.5 Å². The van der Waals surface area contributed by atoms with Crippen molar-refractivity contribution < 1.29 is 9.90 Å². The van der Waals surface area contributed by atoms with E-state index in [-0.39, 0.29) is 17.4 Å². The van der Waals surface area contributed by atoms with Crippen LogP contribution < -0.4 is 0 Å². The fraction of sp³-hybridized carbons (Fsp3) is 0.769. The van der Waals surface area contributed by atoms with Gasteiger partial charge in [-0.3, -0.25) is 4.79 Å². The Labute approximate surface area is 185 Å². The maximum Gasteiger partial charge on any atom is 0.146 e. The van der Waals surface area contributed by atoms with Crippen LogP contribution in [0.3, 0.4) is 0 Å². The van der Waals surface area contributed by atoms with E-state index in [1.54, 1.807) is 11.8 Å². The minimum atomic E-state index is -0.0708. The van der Waals surface area contributed by atoms with Gasteiger partial charge in [-0.05, 0) is 104 Å². The zero-order valence-corrected chi connectivity index (χ0v) is 19.4. The quantitative estimate of drug-likeness (QED) is 0.620. The molecule has 4 heteroatoms. The number of rotatable bonds is 4. The maximum atomic E-state index is 13.3. The molecule has 4 saturated carbocycles. The van der Waals surface area contributed by atoms with E-state index < -0.39 is 0 Å². The van der Waals surface area contributed by atoms with Crippen molar-refractivity contribution in [1.82, 2.24) is 4.98 Å². The molecule has 0 aliphatic heterocycles. The number of aromatic nitrogens is 1. The van der Waals surface area contributed by atoms with E-state index in [0.29, 0.717) is 22.9 Å². The Morgan fingerprint density at radius 1 is 1.07 bits per heavy atom. The van der Waals surface area contributed by atoms with E-state index in [9.17, 15) is 9.90 Å². The number of hydrogen-bond acceptors (Lipinski definition) is 4. The molecule has 0 saturated heterocycles. The standard InChI is InChI=1S/C26H37NO2S/c1-25-12-10-18(28)15-17(25)6-7-19-20-8-9-22(26(20,2)13-11-21(19)25)23(29)16-30-24-5-3-4-14-27-24/h3-5,14,17-22,28H,6-13,15-16H2,1-2H3/t17?,18?,19-,20-,21-,22+,25-,26-/m0/s1. The van der Waals surface area contributed by atoms with Crippen LogP contribution in [0.2, 0.25) is 0 Å². The van der Waals surface area contributed by atoms with Gasteiger partial charge in [-0.25, -0.2) is 4.98 Å². The monoisotopic (exact) mass is 427 g/mol. The van der Waals surface area contributed by atoms with E-state index in [0.717, 1.165) is 42.0 Å². The van der Waals surface area contributed by atoms with E-state index in [2.05, 4.69) is 18.8 Å². The summed E-state index contributed by atoms with van der Waals surface area (Å²) in [5, 5.41) is 11.2. The Kier molecular flexibility index (Phi) is 5.54. The summed E-state index contributed by atoms with van der Waals surface area (Å²) in [4.78, 5) is 17.7. The van der Waals surface area contributed by atoms with Crippen molar-refractivity contribution in [3.8, 4) is 0 Å². The molecular weight excluding hydrogens is 390 g/mol. The number of ketones is 1. The molecule has 1 N–H and O–H groups in total. The fourth-order valence-corrected chi connectivity index (χ4v) is 9.24. The second kappa shape index (κ2) is 7.92. The third-order valence-electron chi connectivity index (χ3n) is 10.0. The average Bonchev–Trinajstić information content (AvgIpc) is 3.10. The second-order valence-electron chi connectivity index (χ2n) is 11.2. The van der Waals surface area contributed by atoms with Gasteiger partial charge in [0.25, 0.3) is 0 Å². The molecule has 164 valence electrons. The van der Waals surface area contributed by atoms with Gasteiger partial charge in [0.1, 0.15) is 5.78 Å². The molecule has 0 amide bonds. The lowest BCUT2D eigenvalue weighted by Crippen LogP contribution is -2.54. The molecular formula is C26H37NO2S. The van der Waals surface area contributed by atoms with Crippen molar-refractivity contribution in [2.45, 2.75) is 82.8 Å². The predicted octanol–water partition coefficient (Wildman–Crippen LogP) is 5.76. The van der Waals surface area contributed by atoms with Crippen molar-refractivity contribution in [2.75, 3.05) is 5.75 Å². The Morgan fingerprint density at radius 3 is 2.67 bits per heavy atom. The molecule has 1 aromatic heterocycles. The summed E-state index contributed by atoms with van der Waals surface area (Å²) < 4.78 is 0. The number of carbonyl (C=O) groups excluding carboxylic acids is 1. The maximum absolute atomic E-state index is 13.3. The van der Waals surface area contributed by atoms with Crippen LogP contribution in [0.25, 0.3) is 0 Å². The van der Waals surface area contributed by atoms with Gasteiger partial charge < -0.3 is 5.11 Å². The zero-order chi connectivity index (χ0) is 20.9. The van der Waals surface area contributed by atoms with Crippen LogP contribution in [-0.2, 0) is 4.79 Å². The number of thioether (sulfide) groups is 1. The van der Waals surface area contributed by atoms with E-state index in [1.165, 1.54) is 38.5 Å². The molecule has 4 aliphatic carbocycles. The number of fused-ring (bicyclic) bond motifs is 5. The number of nitrogens with zero attached hydrogens (tertiary/aromatic N) is 1. The third kappa shape index (κ3) is 3.37. The lowest BCUT2D eigenvalue weighted by Gasteiger charge is -2.60. The summed E-state index contributed by atoms with van der Waals surface area (Å²) in [5.41, 5.74) is 0.612. The molecule has 8 atom stereocenters. The van der Waals surface area contributed by atoms with Gasteiger partial charge in [-0.2, -0.15) is 0 Å². The molecule has 0 bridgehead atoms. The van der Waals surface area contributed by atoms with Gasteiger partial charge in [0.15, 0.2) is 0 Å². The summed E-state index contributed by atoms with van der Waals surface area (Å²) in [5.74, 6) is 4.28. The highest BCUT2D eigenvalue weighted by Gasteiger charge is 2.61. The topological polar surface area (TPSA) is 50.2 Å². The average molecular weight is 428 g/mol. The van der Waals surface area contributed by atoms with E-state index in [4.69, 9.17) is 0 Å². The molecule has 1 heterocycles. The van der Waals surface area contributed by atoms with Crippen LogP contribution >= 0.6 is 11.8 Å². The number of aliphatic hydroxyl groups excluding tert-OH is 1. The first kappa shape index (κ1) is 21.0. The first-order valence-corrected chi connectivity index (χ1v) is 13.1. The van der Waals surface area contributed by atoms with Crippen LogP contribution in [0.4, 0.5) is 0 Å². The summed E-state index contributed by atoms with van der Waals surface area (Å²) in [7, 11) is 0. The highest BCUT2D eigenvalue weighted by Crippen LogP contribution is 2.67. The fourth-order valence-electron chi connectivity index (χ4n) is 8.44. The van der Waals surface area contributed by atoms with Crippen molar-refractivity contribution in [3.05, 3.63) is 24.4 Å². The highest BCUT2D eigenvalue weighted by molar-refractivity contribution is 7.99. The summed E-state index contributed by atoms with van der Waals surface area (Å²) >= 11 is 1.61. The minimum absolute atomic E-state index is 0.0708. The lowest BCUT2D eigenvalue weighted by molar-refractivity contribution is -0.138. The van der Waals surface area contributed by atoms with Crippen LogP contribution in [-0.4, -0.2) is 27.7 Å². The number of pyridine rings is 1. The molecule has 3 nitrogen and oxygen atoms in total. The largest absolute Gasteiger partial charge is 0.393 e. The number of hydrogen-bond donors (Lipinski definition) is 1. The van der Waals surface area contributed by atoms with Gasteiger partial charge >= 0.3 is 0 Å². The molecule has 5 rings (SSSR count). The number of aliphatic hydroxyl groups is 1. The van der Waals surface area contributed by atoms with Crippen molar-refractivity contribution in [2.24, 2.45) is 40.4 Å². The first-order chi connectivity index (χ1) is 14.4. The summed E-state index contributed by atoms with van der Waals surface area (Å²) in [6, 6.07) is 5.92. The van der Waals surface area contributed by atoms with Crippen LogP contribution in [0, 0.1) is 40.4 Å². The molecule has 4 fully saturated rings. The molecule has 1 aromatic rings. The summed E-state index contributed by atoms with van der Waals surface area (Å²) in [6.45, 7) is 5.00.